The van der Waals surface area contributed by atoms with Gasteiger partial charge in [0.15, 0.2) is 17.3 Å². The summed E-state index contributed by atoms with van der Waals surface area (Å²) in [5, 5.41) is 18.3. The van der Waals surface area contributed by atoms with Crippen LogP contribution in [0.1, 0.15) is 5.76 Å². The first kappa shape index (κ1) is 10.6. The number of phenolic OH excluding ortho intramolecular Hbond substituents is 2. The molecule has 2 aromatic heterocycles. The van der Waals surface area contributed by atoms with E-state index in [4.69, 9.17) is 8.83 Å². The van der Waals surface area contributed by atoms with Crippen LogP contribution in [0.4, 0.5) is 4.39 Å². The number of rotatable bonds is 0. The zero-order chi connectivity index (χ0) is 13.0. The Bertz CT molecular complexity index is 843. The standard InChI is InChI=1S/C12H7FO5/c1-4-2-6-9(12(16)17-4)8-7(18-6)3-5(14)11(15)10(8)13/h2-3,14-15H,1H3. The number of halogens is 1. The van der Waals surface area contributed by atoms with Gasteiger partial charge in [0.2, 0.25) is 0 Å². The molecule has 0 spiro atoms. The molecular formula is C12H7FO5. The second-order valence-corrected chi connectivity index (χ2v) is 3.92. The number of aromatic hydroxyl groups is 2. The fraction of sp³-hybridized carbons (Fsp3) is 0.0833. The summed E-state index contributed by atoms with van der Waals surface area (Å²) in [4.78, 5) is 11.7. The first-order chi connectivity index (χ1) is 8.49. The maximum absolute atomic E-state index is 13.9. The third-order valence-electron chi connectivity index (χ3n) is 2.69. The summed E-state index contributed by atoms with van der Waals surface area (Å²) < 4.78 is 24.0. The molecule has 18 heavy (non-hydrogen) atoms. The van der Waals surface area contributed by atoms with Gasteiger partial charge in [-0.15, -0.1) is 0 Å². The molecule has 3 rings (SSSR count). The van der Waals surface area contributed by atoms with E-state index in [9.17, 15) is 19.4 Å². The Balaban J connectivity index is 2.67. The van der Waals surface area contributed by atoms with Crippen LogP contribution in [0.25, 0.3) is 21.9 Å². The Morgan fingerprint density at radius 1 is 1.11 bits per heavy atom. The molecule has 0 amide bonds. The minimum absolute atomic E-state index is 0.0318. The molecule has 0 atom stereocenters. The molecular weight excluding hydrogens is 243 g/mol. The molecule has 2 heterocycles. The van der Waals surface area contributed by atoms with E-state index in [2.05, 4.69) is 0 Å². The van der Waals surface area contributed by atoms with E-state index >= 15 is 0 Å². The van der Waals surface area contributed by atoms with Crippen LogP contribution in [0.3, 0.4) is 0 Å². The number of hydrogen-bond acceptors (Lipinski definition) is 5. The van der Waals surface area contributed by atoms with Crippen LogP contribution in [-0.2, 0) is 0 Å². The molecule has 6 heteroatoms. The number of phenols is 2. The van der Waals surface area contributed by atoms with Gasteiger partial charge in [0.1, 0.15) is 22.3 Å². The summed E-state index contributed by atoms with van der Waals surface area (Å²) in [5.41, 5.74) is -0.647. The molecule has 0 saturated carbocycles. The van der Waals surface area contributed by atoms with Crippen LogP contribution in [0.2, 0.25) is 0 Å². The maximum atomic E-state index is 13.9. The van der Waals surface area contributed by atoms with Crippen molar-refractivity contribution in [2.24, 2.45) is 0 Å². The van der Waals surface area contributed by atoms with Gasteiger partial charge in [-0.1, -0.05) is 0 Å². The van der Waals surface area contributed by atoms with Gasteiger partial charge < -0.3 is 19.0 Å². The van der Waals surface area contributed by atoms with Gasteiger partial charge in [-0.2, -0.15) is 0 Å². The van der Waals surface area contributed by atoms with Gasteiger partial charge in [-0.25, -0.2) is 9.18 Å². The van der Waals surface area contributed by atoms with Gasteiger partial charge in [-0.3, -0.25) is 0 Å². The Morgan fingerprint density at radius 3 is 2.50 bits per heavy atom. The van der Waals surface area contributed by atoms with Crippen LogP contribution in [0.15, 0.2) is 25.8 Å². The lowest BCUT2D eigenvalue weighted by Crippen LogP contribution is -1.99. The fourth-order valence-electron chi connectivity index (χ4n) is 1.93. The molecule has 0 unspecified atom stereocenters. The van der Waals surface area contributed by atoms with Gasteiger partial charge in [-0.05, 0) is 6.92 Å². The quantitative estimate of drug-likeness (QED) is 0.598. The monoisotopic (exact) mass is 250 g/mol. The van der Waals surface area contributed by atoms with E-state index in [0.29, 0.717) is 5.76 Å². The van der Waals surface area contributed by atoms with Crippen LogP contribution < -0.4 is 5.63 Å². The lowest BCUT2D eigenvalue weighted by Gasteiger charge is -1.98. The van der Waals surface area contributed by atoms with E-state index in [0.717, 1.165) is 6.07 Å². The van der Waals surface area contributed by atoms with Crippen molar-refractivity contribution >= 4 is 21.9 Å². The highest BCUT2D eigenvalue weighted by molar-refractivity contribution is 6.05. The Kier molecular flexibility index (Phi) is 1.92. The van der Waals surface area contributed by atoms with Crippen molar-refractivity contribution in [3.63, 3.8) is 0 Å². The number of furan rings is 1. The summed E-state index contributed by atoms with van der Waals surface area (Å²) >= 11 is 0. The SMILES string of the molecule is Cc1cc2oc3cc(O)c(O)c(F)c3c2c(=O)o1. The molecule has 0 aliphatic carbocycles. The van der Waals surface area contributed by atoms with Crippen molar-refractivity contribution in [2.75, 3.05) is 0 Å². The molecule has 1 aromatic carbocycles. The zero-order valence-corrected chi connectivity index (χ0v) is 9.15. The molecule has 2 N–H and O–H groups in total. The van der Waals surface area contributed by atoms with E-state index in [1.807, 2.05) is 0 Å². The molecule has 0 aliphatic heterocycles. The Labute approximate surface area is 98.7 Å². The maximum Gasteiger partial charge on any atom is 0.347 e. The normalized spacial score (nSPS) is 11.4. The Morgan fingerprint density at radius 2 is 1.78 bits per heavy atom. The van der Waals surface area contributed by atoms with Gasteiger partial charge in [0, 0.05) is 12.1 Å². The third-order valence-corrected chi connectivity index (χ3v) is 2.69. The highest BCUT2D eigenvalue weighted by Crippen LogP contribution is 2.38. The minimum Gasteiger partial charge on any atom is -0.504 e. The second kappa shape index (κ2) is 3.25. The zero-order valence-electron chi connectivity index (χ0n) is 9.15. The summed E-state index contributed by atoms with van der Waals surface area (Å²) in [6.45, 7) is 1.55. The lowest BCUT2D eigenvalue weighted by atomic mass is 10.1. The summed E-state index contributed by atoms with van der Waals surface area (Å²) in [6.07, 6.45) is 0. The van der Waals surface area contributed by atoms with E-state index in [1.54, 1.807) is 6.92 Å². The summed E-state index contributed by atoms with van der Waals surface area (Å²) in [6, 6.07) is 2.48. The molecule has 92 valence electrons. The number of aryl methyl sites for hydroxylation is 1. The predicted octanol–water partition coefficient (Wildman–Crippen LogP) is 2.40. The molecule has 0 bridgehead atoms. The average Bonchev–Trinajstić information content (AvgIpc) is 2.64. The van der Waals surface area contributed by atoms with Crippen molar-refractivity contribution in [3.8, 4) is 11.5 Å². The molecule has 0 fully saturated rings. The average molecular weight is 250 g/mol. The van der Waals surface area contributed by atoms with Crippen LogP contribution in [0.5, 0.6) is 11.5 Å². The first-order valence-corrected chi connectivity index (χ1v) is 5.06. The lowest BCUT2D eigenvalue weighted by molar-refractivity contribution is 0.381. The van der Waals surface area contributed by atoms with Gasteiger partial charge >= 0.3 is 5.63 Å². The van der Waals surface area contributed by atoms with Crippen LogP contribution in [-0.4, -0.2) is 10.2 Å². The molecule has 0 aliphatic rings. The van der Waals surface area contributed by atoms with Crippen molar-refractivity contribution in [3.05, 3.63) is 34.1 Å². The van der Waals surface area contributed by atoms with Gasteiger partial charge in [0.25, 0.3) is 0 Å². The van der Waals surface area contributed by atoms with Crippen molar-refractivity contribution < 1.29 is 23.4 Å². The molecule has 0 saturated heterocycles. The highest BCUT2D eigenvalue weighted by atomic mass is 19.1. The molecule has 3 aromatic rings. The van der Waals surface area contributed by atoms with Crippen molar-refractivity contribution in [1.29, 1.82) is 0 Å². The van der Waals surface area contributed by atoms with E-state index < -0.39 is 22.9 Å². The first-order valence-electron chi connectivity index (χ1n) is 5.06. The highest BCUT2D eigenvalue weighted by Gasteiger charge is 2.21. The summed E-state index contributed by atoms with van der Waals surface area (Å²) in [5.74, 6) is -2.37. The fourth-order valence-corrected chi connectivity index (χ4v) is 1.93. The number of fused-ring (bicyclic) bond motifs is 3. The second-order valence-electron chi connectivity index (χ2n) is 3.92. The molecule has 0 radical (unpaired) electrons. The van der Waals surface area contributed by atoms with E-state index in [-0.39, 0.29) is 21.9 Å². The number of hydrogen-bond donors (Lipinski definition) is 2. The predicted molar refractivity (Wildman–Crippen MR) is 60.3 cm³/mol. The molecule has 5 nitrogen and oxygen atoms in total. The van der Waals surface area contributed by atoms with Crippen molar-refractivity contribution in [1.82, 2.24) is 0 Å². The minimum atomic E-state index is -1.11. The van der Waals surface area contributed by atoms with Gasteiger partial charge in [0.05, 0.1) is 5.39 Å². The van der Waals surface area contributed by atoms with Crippen LogP contribution in [0, 0.1) is 12.7 Å². The van der Waals surface area contributed by atoms with E-state index in [1.165, 1.54) is 6.07 Å². The Hall–Kier alpha value is -2.50. The van der Waals surface area contributed by atoms with Crippen LogP contribution >= 0.6 is 0 Å². The third kappa shape index (κ3) is 1.22. The summed E-state index contributed by atoms with van der Waals surface area (Å²) in [7, 11) is 0. The smallest absolute Gasteiger partial charge is 0.347 e. The largest absolute Gasteiger partial charge is 0.504 e. The number of benzene rings is 1. The van der Waals surface area contributed by atoms with Crippen molar-refractivity contribution in [2.45, 2.75) is 6.92 Å². The topological polar surface area (TPSA) is 83.8 Å².